The lowest BCUT2D eigenvalue weighted by atomic mass is 9.97. The zero-order valence-electron chi connectivity index (χ0n) is 14.3. The third-order valence-electron chi connectivity index (χ3n) is 5.06. The summed E-state index contributed by atoms with van der Waals surface area (Å²) in [6, 6.07) is 15.4. The van der Waals surface area contributed by atoms with Crippen molar-refractivity contribution in [3.63, 3.8) is 0 Å². The molecule has 2 atom stereocenters. The van der Waals surface area contributed by atoms with Crippen LogP contribution in [0.15, 0.2) is 48.5 Å². The van der Waals surface area contributed by atoms with E-state index in [-0.39, 0.29) is 24.0 Å². The third-order valence-corrected chi connectivity index (χ3v) is 5.06. The fourth-order valence-corrected chi connectivity index (χ4v) is 3.67. The van der Waals surface area contributed by atoms with E-state index in [2.05, 4.69) is 31.2 Å². The lowest BCUT2D eigenvalue weighted by Gasteiger charge is -2.32. The Morgan fingerprint density at radius 3 is 2.24 bits per heavy atom. The van der Waals surface area contributed by atoms with Crippen molar-refractivity contribution in [1.82, 2.24) is 4.90 Å². The minimum absolute atomic E-state index is 0.0366. The van der Waals surface area contributed by atoms with E-state index < -0.39 is 0 Å². The monoisotopic (exact) mass is 335 g/mol. The predicted molar refractivity (Wildman–Crippen MR) is 94.5 cm³/mol. The summed E-state index contributed by atoms with van der Waals surface area (Å²) in [4.78, 5) is 26.4. The summed E-state index contributed by atoms with van der Waals surface area (Å²) >= 11 is 0. The maximum atomic E-state index is 12.5. The largest absolute Gasteiger partial charge is 0.368 e. The Morgan fingerprint density at radius 1 is 0.960 bits per heavy atom. The third kappa shape index (κ3) is 2.98. The molecule has 1 saturated heterocycles. The van der Waals surface area contributed by atoms with Crippen LogP contribution in [0.4, 0.5) is 0 Å². The molecular weight excluding hydrogens is 314 g/mol. The van der Waals surface area contributed by atoms with E-state index in [1.165, 1.54) is 10.5 Å². The van der Waals surface area contributed by atoms with Crippen molar-refractivity contribution in [2.24, 2.45) is 0 Å². The molecular formula is C21H21NO3. The number of carbonyl (C=O) groups is 2. The molecule has 0 radical (unpaired) electrons. The molecule has 0 aliphatic carbocycles. The number of hydrogen-bond donors (Lipinski definition) is 0. The second-order valence-corrected chi connectivity index (χ2v) is 6.85. The van der Waals surface area contributed by atoms with Gasteiger partial charge in [0.15, 0.2) is 0 Å². The average molecular weight is 335 g/mol. The first kappa shape index (κ1) is 16.0. The summed E-state index contributed by atoms with van der Waals surface area (Å²) < 4.78 is 6.22. The molecule has 0 aromatic heterocycles. The van der Waals surface area contributed by atoms with Crippen LogP contribution in [0.2, 0.25) is 0 Å². The number of rotatable bonds is 3. The first-order valence-electron chi connectivity index (χ1n) is 8.81. The fourth-order valence-electron chi connectivity index (χ4n) is 3.67. The summed E-state index contributed by atoms with van der Waals surface area (Å²) in [5.74, 6) is -0.414. The molecule has 2 aromatic rings. The van der Waals surface area contributed by atoms with Crippen molar-refractivity contribution in [3.8, 4) is 0 Å². The van der Waals surface area contributed by atoms with Gasteiger partial charge in [-0.3, -0.25) is 14.5 Å². The predicted octanol–water partition coefficient (Wildman–Crippen LogP) is 3.90. The molecule has 2 aliphatic heterocycles. The number of carbonyl (C=O) groups excluding carboxylic acids is 2. The van der Waals surface area contributed by atoms with Gasteiger partial charge in [-0.15, -0.1) is 0 Å². The van der Waals surface area contributed by atoms with Gasteiger partial charge < -0.3 is 4.74 Å². The molecule has 1 fully saturated rings. The molecule has 4 nitrogen and oxygen atoms in total. The van der Waals surface area contributed by atoms with Gasteiger partial charge in [0.25, 0.3) is 11.8 Å². The molecule has 4 heteroatoms. The van der Waals surface area contributed by atoms with Crippen LogP contribution in [-0.4, -0.2) is 29.4 Å². The highest BCUT2D eigenvalue weighted by Crippen LogP contribution is 2.33. The number of aryl methyl sites for hydroxylation is 1. The van der Waals surface area contributed by atoms with Crippen LogP contribution in [0.25, 0.3) is 0 Å². The summed E-state index contributed by atoms with van der Waals surface area (Å²) in [5.41, 5.74) is 3.39. The van der Waals surface area contributed by atoms with Gasteiger partial charge in [0.05, 0.1) is 29.9 Å². The summed E-state index contributed by atoms with van der Waals surface area (Å²) in [6.45, 7) is 2.39. The van der Waals surface area contributed by atoms with E-state index >= 15 is 0 Å². The number of imide groups is 1. The Balaban J connectivity index is 1.47. The van der Waals surface area contributed by atoms with Gasteiger partial charge in [-0.25, -0.2) is 0 Å². The normalized spacial score (nSPS) is 23.0. The molecule has 4 rings (SSSR count). The molecule has 0 spiro atoms. The SMILES string of the molecule is Cc1ccc([C@@H]2CCC[C@H](CN3C(=O)c4ccccc4C3=O)O2)cc1. The molecule has 0 unspecified atom stereocenters. The number of ether oxygens (including phenoxy) is 1. The Hall–Kier alpha value is -2.46. The van der Waals surface area contributed by atoms with Crippen molar-refractivity contribution >= 4 is 11.8 Å². The van der Waals surface area contributed by atoms with Crippen LogP contribution in [0.5, 0.6) is 0 Å². The van der Waals surface area contributed by atoms with Crippen molar-refractivity contribution in [1.29, 1.82) is 0 Å². The number of fused-ring (bicyclic) bond motifs is 1. The zero-order valence-corrected chi connectivity index (χ0v) is 14.3. The van der Waals surface area contributed by atoms with E-state index in [1.54, 1.807) is 24.3 Å². The first-order chi connectivity index (χ1) is 12.1. The maximum Gasteiger partial charge on any atom is 0.261 e. The van der Waals surface area contributed by atoms with Crippen LogP contribution in [0.3, 0.4) is 0 Å². The lowest BCUT2D eigenvalue weighted by Crippen LogP contribution is -2.39. The zero-order chi connectivity index (χ0) is 17.4. The van der Waals surface area contributed by atoms with E-state index in [0.29, 0.717) is 17.7 Å². The maximum absolute atomic E-state index is 12.5. The van der Waals surface area contributed by atoms with Crippen molar-refractivity contribution in [2.75, 3.05) is 6.54 Å². The van der Waals surface area contributed by atoms with Gasteiger partial charge in [0, 0.05) is 0 Å². The number of nitrogens with zero attached hydrogens (tertiary/aromatic N) is 1. The summed E-state index contributed by atoms with van der Waals surface area (Å²) in [6.07, 6.45) is 2.81. The van der Waals surface area contributed by atoms with Gasteiger partial charge in [0.2, 0.25) is 0 Å². The Morgan fingerprint density at radius 2 is 1.60 bits per heavy atom. The quantitative estimate of drug-likeness (QED) is 0.799. The molecule has 2 amide bonds. The highest BCUT2D eigenvalue weighted by atomic mass is 16.5. The number of amides is 2. The molecule has 0 N–H and O–H groups in total. The average Bonchev–Trinajstić information content (AvgIpc) is 2.88. The van der Waals surface area contributed by atoms with Crippen LogP contribution in [-0.2, 0) is 4.74 Å². The van der Waals surface area contributed by atoms with Crippen molar-refractivity contribution in [3.05, 3.63) is 70.8 Å². The van der Waals surface area contributed by atoms with Crippen LogP contribution >= 0.6 is 0 Å². The Bertz CT molecular complexity index is 777. The topological polar surface area (TPSA) is 46.6 Å². The molecule has 128 valence electrons. The van der Waals surface area contributed by atoms with E-state index in [4.69, 9.17) is 4.74 Å². The van der Waals surface area contributed by atoms with Crippen LogP contribution in [0.1, 0.15) is 57.2 Å². The minimum atomic E-state index is -0.207. The molecule has 0 saturated carbocycles. The highest BCUT2D eigenvalue weighted by Gasteiger charge is 2.37. The van der Waals surface area contributed by atoms with Gasteiger partial charge in [-0.2, -0.15) is 0 Å². The highest BCUT2D eigenvalue weighted by molar-refractivity contribution is 6.21. The first-order valence-corrected chi connectivity index (χ1v) is 8.81. The second kappa shape index (κ2) is 6.45. The van der Waals surface area contributed by atoms with Crippen LogP contribution in [0, 0.1) is 6.92 Å². The standard InChI is InChI=1S/C21H21NO3/c1-14-9-11-15(12-10-14)19-8-4-5-16(25-19)13-22-20(23)17-6-2-3-7-18(17)21(22)24/h2-3,6-7,9-12,16,19H,4-5,8,13H2,1H3/t16-,19+/m1/s1. The molecule has 2 aliphatic rings. The smallest absolute Gasteiger partial charge is 0.261 e. The van der Waals surface area contributed by atoms with Gasteiger partial charge >= 0.3 is 0 Å². The second-order valence-electron chi connectivity index (χ2n) is 6.85. The number of hydrogen-bond acceptors (Lipinski definition) is 3. The Kier molecular flexibility index (Phi) is 4.14. The van der Waals surface area contributed by atoms with Gasteiger partial charge in [0.1, 0.15) is 0 Å². The van der Waals surface area contributed by atoms with Gasteiger partial charge in [-0.1, -0.05) is 42.0 Å². The van der Waals surface area contributed by atoms with Gasteiger partial charge in [-0.05, 0) is 43.9 Å². The van der Waals surface area contributed by atoms with Crippen molar-refractivity contribution < 1.29 is 14.3 Å². The van der Waals surface area contributed by atoms with E-state index in [1.807, 2.05) is 0 Å². The van der Waals surface area contributed by atoms with E-state index in [0.717, 1.165) is 24.8 Å². The molecule has 2 heterocycles. The minimum Gasteiger partial charge on any atom is -0.368 e. The van der Waals surface area contributed by atoms with Crippen LogP contribution < -0.4 is 0 Å². The molecule has 0 bridgehead atoms. The fraction of sp³-hybridized carbons (Fsp3) is 0.333. The Labute approximate surface area is 147 Å². The lowest BCUT2D eigenvalue weighted by molar-refractivity contribution is -0.0587. The number of benzene rings is 2. The molecule has 2 aromatic carbocycles. The van der Waals surface area contributed by atoms with E-state index in [9.17, 15) is 9.59 Å². The summed E-state index contributed by atoms with van der Waals surface area (Å²) in [7, 11) is 0. The molecule has 25 heavy (non-hydrogen) atoms. The summed E-state index contributed by atoms with van der Waals surface area (Å²) in [5, 5.41) is 0. The van der Waals surface area contributed by atoms with Crippen molar-refractivity contribution in [2.45, 2.75) is 38.4 Å².